The number of carbonyl (C=O) groups is 2. The Balaban J connectivity index is 2.26. The van der Waals surface area contributed by atoms with Crippen LogP contribution in [0.25, 0.3) is 0 Å². The molecule has 2 aromatic rings. The van der Waals surface area contributed by atoms with E-state index < -0.39 is 0 Å². The standard InChI is InChI=1S/C15H16N2O2S/c1-9-4-5-10(2)12(8-9)14(19)17-15-11(6-7-20-15)13(18)16-3/h4-8H,1-3H3,(H,16,18)(H,17,19). The van der Waals surface area contributed by atoms with E-state index in [1.807, 2.05) is 32.0 Å². The van der Waals surface area contributed by atoms with Crippen LogP contribution in [0.15, 0.2) is 29.6 Å². The van der Waals surface area contributed by atoms with E-state index in [1.165, 1.54) is 11.3 Å². The van der Waals surface area contributed by atoms with Gasteiger partial charge in [-0.2, -0.15) is 0 Å². The molecule has 0 fully saturated rings. The lowest BCUT2D eigenvalue weighted by Gasteiger charge is -2.08. The first-order valence-corrected chi connectivity index (χ1v) is 7.09. The van der Waals surface area contributed by atoms with Crippen LogP contribution in [-0.4, -0.2) is 18.9 Å². The number of aryl methyl sites for hydroxylation is 2. The molecule has 0 atom stereocenters. The Hall–Kier alpha value is -2.14. The Kier molecular flexibility index (Phi) is 4.20. The molecule has 20 heavy (non-hydrogen) atoms. The van der Waals surface area contributed by atoms with E-state index in [9.17, 15) is 9.59 Å². The third-order valence-electron chi connectivity index (χ3n) is 3.00. The fourth-order valence-corrected chi connectivity index (χ4v) is 2.65. The largest absolute Gasteiger partial charge is 0.355 e. The molecule has 1 aromatic heterocycles. The number of hydrogen-bond acceptors (Lipinski definition) is 3. The molecule has 0 aliphatic rings. The van der Waals surface area contributed by atoms with E-state index in [2.05, 4.69) is 10.6 Å². The number of hydrogen-bond donors (Lipinski definition) is 2. The molecule has 0 spiro atoms. The quantitative estimate of drug-likeness (QED) is 0.912. The van der Waals surface area contributed by atoms with Gasteiger partial charge in [-0.05, 0) is 36.9 Å². The number of rotatable bonds is 3. The minimum absolute atomic E-state index is 0.196. The van der Waals surface area contributed by atoms with Crippen LogP contribution in [0.4, 0.5) is 5.00 Å². The van der Waals surface area contributed by atoms with Gasteiger partial charge in [-0.1, -0.05) is 17.7 Å². The second-order valence-corrected chi connectivity index (χ2v) is 5.43. The molecule has 4 nitrogen and oxygen atoms in total. The molecule has 0 aliphatic carbocycles. The van der Waals surface area contributed by atoms with Crippen LogP contribution in [0.3, 0.4) is 0 Å². The van der Waals surface area contributed by atoms with Crippen LogP contribution in [-0.2, 0) is 0 Å². The topological polar surface area (TPSA) is 58.2 Å². The first-order chi connectivity index (χ1) is 9.52. The molecule has 0 radical (unpaired) electrons. The molecule has 2 amide bonds. The van der Waals surface area contributed by atoms with Crippen molar-refractivity contribution >= 4 is 28.2 Å². The summed E-state index contributed by atoms with van der Waals surface area (Å²) in [6.07, 6.45) is 0. The lowest BCUT2D eigenvalue weighted by atomic mass is 10.1. The summed E-state index contributed by atoms with van der Waals surface area (Å²) in [4.78, 5) is 24.0. The van der Waals surface area contributed by atoms with E-state index in [-0.39, 0.29) is 11.8 Å². The minimum atomic E-state index is -0.206. The van der Waals surface area contributed by atoms with Gasteiger partial charge in [0.2, 0.25) is 0 Å². The van der Waals surface area contributed by atoms with Gasteiger partial charge in [0.25, 0.3) is 11.8 Å². The predicted octanol–water partition coefficient (Wildman–Crippen LogP) is 2.98. The van der Waals surface area contributed by atoms with E-state index in [4.69, 9.17) is 0 Å². The van der Waals surface area contributed by atoms with E-state index in [0.29, 0.717) is 16.1 Å². The second kappa shape index (κ2) is 5.88. The molecule has 5 heteroatoms. The highest BCUT2D eigenvalue weighted by molar-refractivity contribution is 7.14. The average molecular weight is 288 g/mol. The molecule has 0 saturated heterocycles. The maximum absolute atomic E-state index is 12.3. The molecule has 1 aromatic carbocycles. The van der Waals surface area contributed by atoms with Crippen LogP contribution < -0.4 is 10.6 Å². The third kappa shape index (κ3) is 2.88. The summed E-state index contributed by atoms with van der Waals surface area (Å²) in [5.74, 6) is -0.402. The Morgan fingerprint density at radius 3 is 2.50 bits per heavy atom. The van der Waals surface area contributed by atoms with Gasteiger partial charge in [0.1, 0.15) is 5.00 Å². The minimum Gasteiger partial charge on any atom is -0.355 e. The van der Waals surface area contributed by atoms with Crippen LogP contribution >= 0.6 is 11.3 Å². The Labute approximate surface area is 121 Å². The monoisotopic (exact) mass is 288 g/mol. The fraction of sp³-hybridized carbons (Fsp3) is 0.200. The molecular weight excluding hydrogens is 272 g/mol. The Bertz CT molecular complexity index is 662. The first kappa shape index (κ1) is 14.3. The zero-order valence-corrected chi connectivity index (χ0v) is 12.4. The van der Waals surface area contributed by atoms with Gasteiger partial charge in [0.15, 0.2) is 0 Å². The smallest absolute Gasteiger partial charge is 0.256 e. The number of carbonyl (C=O) groups excluding carboxylic acids is 2. The van der Waals surface area contributed by atoms with Crippen molar-refractivity contribution in [1.29, 1.82) is 0 Å². The van der Waals surface area contributed by atoms with Gasteiger partial charge in [0.05, 0.1) is 5.56 Å². The van der Waals surface area contributed by atoms with Crippen LogP contribution in [0.1, 0.15) is 31.8 Å². The molecule has 0 aliphatic heterocycles. The van der Waals surface area contributed by atoms with Crippen molar-refractivity contribution in [2.24, 2.45) is 0 Å². The SMILES string of the molecule is CNC(=O)c1ccsc1NC(=O)c1cc(C)ccc1C. The zero-order chi connectivity index (χ0) is 14.7. The molecule has 2 N–H and O–H groups in total. The zero-order valence-electron chi connectivity index (χ0n) is 11.6. The first-order valence-electron chi connectivity index (χ1n) is 6.21. The summed E-state index contributed by atoms with van der Waals surface area (Å²) in [5, 5.41) is 7.71. The summed E-state index contributed by atoms with van der Waals surface area (Å²) in [5.41, 5.74) is 3.04. The van der Waals surface area contributed by atoms with Crippen LogP contribution in [0, 0.1) is 13.8 Å². The van der Waals surface area contributed by atoms with E-state index >= 15 is 0 Å². The van der Waals surface area contributed by atoms with Gasteiger partial charge in [0, 0.05) is 12.6 Å². The number of nitrogens with one attached hydrogen (secondary N) is 2. The van der Waals surface area contributed by atoms with Gasteiger partial charge in [-0.3, -0.25) is 9.59 Å². The summed E-state index contributed by atoms with van der Waals surface area (Å²) >= 11 is 1.33. The van der Waals surface area contributed by atoms with Crippen molar-refractivity contribution < 1.29 is 9.59 Å². The highest BCUT2D eigenvalue weighted by Gasteiger charge is 2.16. The molecular formula is C15H16N2O2S. The lowest BCUT2D eigenvalue weighted by Crippen LogP contribution is -2.20. The number of anilines is 1. The van der Waals surface area contributed by atoms with Gasteiger partial charge < -0.3 is 10.6 Å². The molecule has 0 bridgehead atoms. The van der Waals surface area contributed by atoms with Crippen molar-refractivity contribution in [2.75, 3.05) is 12.4 Å². The maximum Gasteiger partial charge on any atom is 0.256 e. The Morgan fingerprint density at radius 2 is 1.80 bits per heavy atom. The fourth-order valence-electron chi connectivity index (χ4n) is 1.87. The Morgan fingerprint density at radius 1 is 1.05 bits per heavy atom. The lowest BCUT2D eigenvalue weighted by molar-refractivity contribution is 0.0964. The normalized spacial score (nSPS) is 10.2. The van der Waals surface area contributed by atoms with Crippen molar-refractivity contribution in [3.63, 3.8) is 0 Å². The molecule has 1 heterocycles. The number of benzene rings is 1. The van der Waals surface area contributed by atoms with E-state index in [0.717, 1.165) is 11.1 Å². The third-order valence-corrected chi connectivity index (χ3v) is 3.83. The highest BCUT2D eigenvalue weighted by atomic mass is 32.1. The predicted molar refractivity (Wildman–Crippen MR) is 81.6 cm³/mol. The average Bonchev–Trinajstić information content (AvgIpc) is 2.88. The summed E-state index contributed by atoms with van der Waals surface area (Å²) in [6, 6.07) is 7.42. The molecule has 104 valence electrons. The van der Waals surface area contributed by atoms with Gasteiger partial charge >= 0.3 is 0 Å². The van der Waals surface area contributed by atoms with Crippen molar-refractivity contribution in [1.82, 2.24) is 5.32 Å². The summed E-state index contributed by atoms with van der Waals surface area (Å²) < 4.78 is 0. The van der Waals surface area contributed by atoms with Gasteiger partial charge in [-0.25, -0.2) is 0 Å². The summed E-state index contributed by atoms with van der Waals surface area (Å²) in [7, 11) is 1.57. The number of amides is 2. The maximum atomic E-state index is 12.3. The van der Waals surface area contributed by atoms with Crippen molar-refractivity contribution in [2.45, 2.75) is 13.8 Å². The van der Waals surface area contributed by atoms with Crippen molar-refractivity contribution in [3.05, 3.63) is 51.9 Å². The molecule has 2 rings (SSSR count). The van der Waals surface area contributed by atoms with E-state index in [1.54, 1.807) is 18.5 Å². The van der Waals surface area contributed by atoms with Gasteiger partial charge in [-0.15, -0.1) is 11.3 Å². The highest BCUT2D eigenvalue weighted by Crippen LogP contribution is 2.24. The summed E-state index contributed by atoms with van der Waals surface area (Å²) in [6.45, 7) is 3.83. The van der Waals surface area contributed by atoms with Crippen LogP contribution in [0.2, 0.25) is 0 Å². The molecule has 0 saturated carbocycles. The second-order valence-electron chi connectivity index (χ2n) is 4.52. The molecule has 0 unspecified atom stereocenters. The number of thiophene rings is 1. The van der Waals surface area contributed by atoms with Crippen molar-refractivity contribution in [3.8, 4) is 0 Å². The van der Waals surface area contributed by atoms with Crippen LogP contribution in [0.5, 0.6) is 0 Å².